The summed E-state index contributed by atoms with van der Waals surface area (Å²) >= 11 is 0. The van der Waals surface area contributed by atoms with Crippen molar-refractivity contribution in [3.8, 4) is 11.4 Å². The highest BCUT2D eigenvalue weighted by molar-refractivity contribution is 5.85. The van der Waals surface area contributed by atoms with E-state index in [0.29, 0.717) is 36.5 Å². The van der Waals surface area contributed by atoms with E-state index in [1.54, 1.807) is 24.3 Å². The van der Waals surface area contributed by atoms with Crippen LogP contribution in [0.15, 0.2) is 39.9 Å². The van der Waals surface area contributed by atoms with E-state index in [2.05, 4.69) is 9.97 Å². The molecule has 0 spiro atoms. The molecule has 0 saturated carbocycles. The topological polar surface area (TPSA) is 110 Å². The van der Waals surface area contributed by atoms with E-state index in [1.807, 2.05) is 13.8 Å². The van der Waals surface area contributed by atoms with Gasteiger partial charge in [0.15, 0.2) is 5.65 Å². The number of imidazole rings is 1. The van der Waals surface area contributed by atoms with Gasteiger partial charge >= 0.3 is 11.7 Å². The number of carboxylic acids is 1. The number of aliphatic carboxylic acids is 1. The fourth-order valence-electron chi connectivity index (χ4n) is 3.07. The molecule has 3 aromatic rings. The van der Waals surface area contributed by atoms with Crippen LogP contribution in [0.4, 0.5) is 0 Å². The van der Waals surface area contributed by atoms with Crippen molar-refractivity contribution in [1.29, 1.82) is 0 Å². The minimum atomic E-state index is -1.02. The van der Waals surface area contributed by atoms with Gasteiger partial charge in [0.25, 0.3) is 5.56 Å². The summed E-state index contributed by atoms with van der Waals surface area (Å²) in [7, 11) is 0. The molecular weight excluding hydrogens is 360 g/mol. The summed E-state index contributed by atoms with van der Waals surface area (Å²) in [6.45, 7) is 4.71. The lowest BCUT2D eigenvalue weighted by atomic mass is 10.1. The Morgan fingerprint density at radius 2 is 1.75 bits per heavy atom. The quantitative estimate of drug-likeness (QED) is 0.610. The normalized spacial score (nSPS) is 11.5. The van der Waals surface area contributed by atoms with Gasteiger partial charge in [-0.3, -0.25) is 13.9 Å². The fourth-order valence-corrected chi connectivity index (χ4v) is 3.07. The van der Waals surface area contributed by atoms with Crippen molar-refractivity contribution < 1.29 is 9.90 Å². The van der Waals surface area contributed by atoms with Gasteiger partial charge < -0.3 is 10.1 Å². The number of aromatic amines is 1. The second-order valence-electron chi connectivity index (χ2n) is 6.47. The number of benzene rings is 1. The lowest BCUT2D eigenvalue weighted by Crippen LogP contribution is -2.40. The van der Waals surface area contributed by atoms with Crippen molar-refractivity contribution in [2.24, 2.45) is 0 Å². The SMILES string of the molecule is CCCn1c(=O)c2[nH]c(-c3ccc(/C=C/C(=O)O)cc3)nc2n(CCC)c1=O. The van der Waals surface area contributed by atoms with Gasteiger partial charge in [-0.05, 0) is 24.5 Å². The molecule has 8 nitrogen and oxygen atoms in total. The van der Waals surface area contributed by atoms with Crippen LogP contribution in [0.3, 0.4) is 0 Å². The monoisotopic (exact) mass is 382 g/mol. The van der Waals surface area contributed by atoms with Crippen molar-refractivity contribution in [2.75, 3.05) is 0 Å². The largest absolute Gasteiger partial charge is 0.478 e. The summed E-state index contributed by atoms with van der Waals surface area (Å²) < 4.78 is 2.79. The first-order chi connectivity index (χ1) is 13.5. The third-order valence-electron chi connectivity index (χ3n) is 4.36. The Morgan fingerprint density at radius 1 is 1.11 bits per heavy atom. The van der Waals surface area contributed by atoms with E-state index in [1.165, 1.54) is 15.2 Å². The Kier molecular flexibility index (Phi) is 5.58. The van der Waals surface area contributed by atoms with Crippen LogP contribution < -0.4 is 11.2 Å². The van der Waals surface area contributed by atoms with Crippen LogP contribution in [-0.2, 0) is 17.9 Å². The molecule has 8 heteroatoms. The predicted molar refractivity (Wildman–Crippen MR) is 107 cm³/mol. The highest BCUT2D eigenvalue weighted by atomic mass is 16.4. The molecule has 2 heterocycles. The number of nitrogens with one attached hydrogen (secondary N) is 1. The molecule has 2 aromatic heterocycles. The second-order valence-corrected chi connectivity index (χ2v) is 6.47. The number of aryl methyl sites for hydroxylation is 1. The first-order valence-corrected chi connectivity index (χ1v) is 9.21. The smallest absolute Gasteiger partial charge is 0.332 e. The van der Waals surface area contributed by atoms with Gasteiger partial charge in [0.1, 0.15) is 11.3 Å². The molecule has 0 aliphatic heterocycles. The zero-order chi connectivity index (χ0) is 20.3. The summed E-state index contributed by atoms with van der Waals surface area (Å²) in [4.78, 5) is 43.7. The molecule has 0 atom stereocenters. The first kappa shape index (κ1) is 19.3. The maximum absolute atomic E-state index is 12.8. The van der Waals surface area contributed by atoms with Crippen molar-refractivity contribution >= 4 is 23.2 Å². The second kappa shape index (κ2) is 8.08. The van der Waals surface area contributed by atoms with Gasteiger partial charge in [-0.2, -0.15) is 0 Å². The Balaban J connectivity index is 2.12. The number of hydrogen-bond acceptors (Lipinski definition) is 4. The standard InChI is InChI=1S/C20H22N4O4/c1-3-11-23-18-16(19(27)24(12-4-2)20(23)28)21-17(22-18)14-8-5-13(6-9-14)7-10-15(25)26/h5-10H,3-4,11-12H2,1-2H3,(H,21,22)(H,25,26)/b10-7+. The van der Waals surface area contributed by atoms with Crippen LogP contribution in [0.2, 0.25) is 0 Å². The Hall–Kier alpha value is -3.42. The molecule has 2 N–H and O–H groups in total. The van der Waals surface area contributed by atoms with Gasteiger partial charge in [-0.25, -0.2) is 14.6 Å². The first-order valence-electron chi connectivity index (χ1n) is 9.21. The summed E-state index contributed by atoms with van der Waals surface area (Å²) in [5.41, 5.74) is 1.43. The summed E-state index contributed by atoms with van der Waals surface area (Å²) in [6, 6.07) is 7.09. The predicted octanol–water partition coefficient (Wildman–Crippen LogP) is 2.47. The Labute approximate surface area is 160 Å². The van der Waals surface area contributed by atoms with Crippen molar-refractivity contribution in [3.63, 3.8) is 0 Å². The molecule has 0 radical (unpaired) electrons. The molecule has 0 unspecified atom stereocenters. The lowest BCUT2D eigenvalue weighted by Gasteiger charge is -2.09. The van der Waals surface area contributed by atoms with Crippen molar-refractivity contribution in [1.82, 2.24) is 19.1 Å². The van der Waals surface area contributed by atoms with Crippen LogP contribution in [0.5, 0.6) is 0 Å². The summed E-state index contributed by atoms with van der Waals surface area (Å²) in [5, 5.41) is 8.71. The molecule has 146 valence electrons. The molecule has 0 fully saturated rings. The minimum Gasteiger partial charge on any atom is -0.478 e. The zero-order valence-electron chi connectivity index (χ0n) is 15.8. The van der Waals surface area contributed by atoms with Gasteiger partial charge in [0, 0.05) is 24.7 Å². The van der Waals surface area contributed by atoms with Crippen LogP contribution in [0.1, 0.15) is 32.3 Å². The number of H-pyrrole nitrogens is 1. The molecule has 0 bridgehead atoms. The fraction of sp³-hybridized carbons (Fsp3) is 0.300. The van der Waals surface area contributed by atoms with Gasteiger partial charge in [0.2, 0.25) is 0 Å². The van der Waals surface area contributed by atoms with E-state index < -0.39 is 5.97 Å². The number of carboxylic acid groups (broad SMARTS) is 1. The highest BCUT2D eigenvalue weighted by Gasteiger charge is 2.17. The van der Waals surface area contributed by atoms with Crippen LogP contribution in [-0.4, -0.2) is 30.2 Å². The van der Waals surface area contributed by atoms with Gasteiger partial charge in [0.05, 0.1) is 0 Å². The molecule has 28 heavy (non-hydrogen) atoms. The number of hydrogen-bond donors (Lipinski definition) is 2. The zero-order valence-corrected chi connectivity index (χ0v) is 15.8. The minimum absolute atomic E-state index is 0.311. The summed E-state index contributed by atoms with van der Waals surface area (Å²) in [6.07, 6.45) is 3.98. The highest BCUT2D eigenvalue weighted by Crippen LogP contribution is 2.19. The van der Waals surface area contributed by atoms with E-state index in [0.717, 1.165) is 23.6 Å². The number of carbonyl (C=O) groups is 1. The third-order valence-corrected chi connectivity index (χ3v) is 4.36. The van der Waals surface area contributed by atoms with E-state index in [-0.39, 0.29) is 11.2 Å². The average molecular weight is 382 g/mol. The molecule has 0 aliphatic carbocycles. The molecule has 0 aliphatic rings. The van der Waals surface area contributed by atoms with E-state index >= 15 is 0 Å². The van der Waals surface area contributed by atoms with Gasteiger partial charge in [-0.1, -0.05) is 38.1 Å². The van der Waals surface area contributed by atoms with Crippen molar-refractivity contribution in [3.05, 3.63) is 56.7 Å². The lowest BCUT2D eigenvalue weighted by molar-refractivity contribution is -0.131. The molecule has 3 rings (SSSR count). The van der Waals surface area contributed by atoms with E-state index in [9.17, 15) is 14.4 Å². The third kappa shape index (κ3) is 3.66. The van der Waals surface area contributed by atoms with Crippen LogP contribution in [0, 0.1) is 0 Å². The molecule has 0 saturated heterocycles. The Bertz CT molecular complexity index is 1150. The van der Waals surface area contributed by atoms with Crippen LogP contribution in [0.25, 0.3) is 28.6 Å². The maximum Gasteiger partial charge on any atom is 0.332 e. The Morgan fingerprint density at radius 3 is 2.36 bits per heavy atom. The number of aromatic nitrogens is 4. The van der Waals surface area contributed by atoms with Gasteiger partial charge in [-0.15, -0.1) is 0 Å². The molecule has 0 amide bonds. The number of nitrogens with zero attached hydrogens (tertiary/aromatic N) is 3. The number of fused-ring (bicyclic) bond motifs is 1. The average Bonchev–Trinajstić information content (AvgIpc) is 3.13. The van der Waals surface area contributed by atoms with E-state index in [4.69, 9.17) is 5.11 Å². The number of rotatable bonds is 7. The molecular formula is C20H22N4O4. The van der Waals surface area contributed by atoms with Crippen molar-refractivity contribution in [2.45, 2.75) is 39.8 Å². The maximum atomic E-state index is 12.8. The summed E-state index contributed by atoms with van der Waals surface area (Å²) in [5.74, 6) is -0.530. The van der Waals surface area contributed by atoms with Crippen LogP contribution >= 0.6 is 0 Å². The molecule has 1 aromatic carbocycles.